The Morgan fingerprint density at radius 3 is 2.30 bits per heavy atom. The Hall–Kier alpha value is -3.55. The predicted molar refractivity (Wildman–Crippen MR) is 139 cm³/mol. The van der Waals surface area contributed by atoms with E-state index in [2.05, 4.69) is 12.2 Å². The minimum Gasteiger partial charge on any atom is -0.481 e. The molecule has 196 valence electrons. The molecule has 2 aromatic carbocycles. The summed E-state index contributed by atoms with van der Waals surface area (Å²) in [5.41, 5.74) is 1.74. The lowest BCUT2D eigenvalue weighted by atomic mass is 9.92. The molecule has 1 aliphatic heterocycles. The first-order chi connectivity index (χ1) is 17.8. The number of benzene rings is 2. The molecule has 2 aliphatic rings. The number of nitrogens with one attached hydrogen (secondary N) is 1. The second-order valence-corrected chi connectivity index (χ2v) is 9.87. The largest absolute Gasteiger partial charge is 0.481 e. The van der Waals surface area contributed by atoms with Gasteiger partial charge in [0, 0.05) is 17.7 Å². The van der Waals surface area contributed by atoms with Crippen LogP contribution in [0.3, 0.4) is 0 Å². The molecule has 0 saturated heterocycles. The van der Waals surface area contributed by atoms with Gasteiger partial charge in [0.2, 0.25) is 0 Å². The van der Waals surface area contributed by atoms with Gasteiger partial charge in [0.1, 0.15) is 17.2 Å². The van der Waals surface area contributed by atoms with Crippen molar-refractivity contribution in [3.8, 4) is 0 Å². The van der Waals surface area contributed by atoms with Crippen molar-refractivity contribution in [1.82, 2.24) is 10.2 Å². The van der Waals surface area contributed by atoms with Crippen LogP contribution in [-0.4, -0.2) is 45.7 Å². The van der Waals surface area contributed by atoms with Gasteiger partial charge in [0.25, 0.3) is 11.8 Å². The molecule has 2 N–H and O–H groups in total. The van der Waals surface area contributed by atoms with Gasteiger partial charge in [-0.25, -0.2) is 4.39 Å². The first kappa shape index (κ1) is 26.5. The number of carbonyl (C=O) groups is 3. The summed E-state index contributed by atoms with van der Waals surface area (Å²) in [5, 5.41) is 11.4. The minimum atomic E-state index is -0.969. The van der Waals surface area contributed by atoms with E-state index >= 15 is 0 Å². The molecule has 7 nitrogen and oxygen atoms in total. The number of aliphatic carboxylic acids is 1. The number of carboxylic acids is 1. The highest BCUT2D eigenvalue weighted by molar-refractivity contribution is 6.46. The Balaban J connectivity index is 1.65. The van der Waals surface area contributed by atoms with Crippen molar-refractivity contribution in [2.75, 3.05) is 6.54 Å². The van der Waals surface area contributed by atoms with Crippen LogP contribution < -0.4 is 5.32 Å². The lowest BCUT2D eigenvalue weighted by molar-refractivity contribution is -0.137. The SMILES string of the molecule is CCC[C@H](c1ccc(C(=O)NCCC(=O)O)cc1)N1C(=O)C(c2ccc(F)cc2)=NC12CCCCCC2. The van der Waals surface area contributed by atoms with Gasteiger partial charge in [-0.3, -0.25) is 19.4 Å². The van der Waals surface area contributed by atoms with Crippen LogP contribution in [0.5, 0.6) is 0 Å². The van der Waals surface area contributed by atoms with Gasteiger partial charge in [-0.05, 0) is 74.1 Å². The van der Waals surface area contributed by atoms with Crippen LogP contribution in [0.25, 0.3) is 0 Å². The number of carbonyl (C=O) groups excluding carboxylic acids is 2. The Bertz CT molecular complexity index is 1150. The van der Waals surface area contributed by atoms with Gasteiger partial charge >= 0.3 is 5.97 Å². The maximum absolute atomic E-state index is 14.0. The van der Waals surface area contributed by atoms with Crippen molar-refractivity contribution < 1.29 is 23.9 Å². The molecule has 37 heavy (non-hydrogen) atoms. The number of aliphatic imine (C=N–C) groups is 1. The highest BCUT2D eigenvalue weighted by Gasteiger charge is 2.50. The number of hydrogen-bond donors (Lipinski definition) is 2. The van der Waals surface area contributed by atoms with Crippen molar-refractivity contribution in [2.24, 2.45) is 4.99 Å². The van der Waals surface area contributed by atoms with Gasteiger partial charge in [0.15, 0.2) is 0 Å². The standard InChI is InChI=1S/C29H34FN3O4/c1-2-7-24(20-8-10-22(11-9-20)27(36)31-19-16-25(34)35)33-28(37)26(21-12-14-23(30)15-13-21)32-29(33)17-5-3-4-6-18-29/h8-15,24H,2-7,16-19H2,1H3,(H,31,36)(H,34,35)/t24-/m1/s1. The topological polar surface area (TPSA) is 99.1 Å². The molecule has 1 aliphatic carbocycles. The third-order valence-corrected chi connectivity index (χ3v) is 7.27. The third-order valence-electron chi connectivity index (χ3n) is 7.27. The monoisotopic (exact) mass is 507 g/mol. The average Bonchev–Trinajstić information content (AvgIpc) is 3.01. The molecule has 0 radical (unpaired) electrons. The van der Waals surface area contributed by atoms with Crippen LogP contribution in [-0.2, 0) is 9.59 Å². The fourth-order valence-electron chi connectivity index (χ4n) is 5.45. The average molecular weight is 508 g/mol. The Morgan fingerprint density at radius 2 is 1.70 bits per heavy atom. The summed E-state index contributed by atoms with van der Waals surface area (Å²) in [7, 11) is 0. The number of nitrogens with zero attached hydrogens (tertiary/aromatic N) is 2. The first-order valence-electron chi connectivity index (χ1n) is 13.1. The van der Waals surface area contributed by atoms with Crippen LogP contribution in [0.4, 0.5) is 4.39 Å². The number of hydrogen-bond acceptors (Lipinski definition) is 4. The zero-order valence-electron chi connectivity index (χ0n) is 21.2. The molecule has 4 rings (SSSR count). The Kier molecular flexibility index (Phi) is 8.36. The zero-order chi connectivity index (χ0) is 26.4. The van der Waals surface area contributed by atoms with Crippen LogP contribution >= 0.6 is 0 Å². The number of amides is 2. The second kappa shape index (κ2) is 11.7. The summed E-state index contributed by atoms with van der Waals surface area (Å²) in [5.74, 6) is -1.79. The molecule has 0 bridgehead atoms. The van der Waals surface area contributed by atoms with Crippen LogP contribution in [0.2, 0.25) is 0 Å². The molecule has 1 saturated carbocycles. The minimum absolute atomic E-state index is 0.0582. The summed E-state index contributed by atoms with van der Waals surface area (Å²) in [6, 6.07) is 12.9. The number of rotatable bonds is 9. The summed E-state index contributed by atoms with van der Waals surface area (Å²) in [6.45, 7) is 2.14. The molecule has 1 spiro atoms. The summed E-state index contributed by atoms with van der Waals surface area (Å²) in [4.78, 5) is 44.2. The van der Waals surface area contributed by atoms with E-state index in [9.17, 15) is 18.8 Å². The van der Waals surface area contributed by atoms with E-state index in [1.54, 1.807) is 24.3 Å². The fraction of sp³-hybridized carbons (Fsp3) is 0.448. The summed E-state index contributed by atoms with van der Waals surface area (Å²) in [6.07, 6.45) is 7.21. The molecule has 1 fully saturated rings. The molecule has 1 atom stereocenters. The Morgan fingerprint density at radius 1 is 1.05 bits per heavy atom. The van der Waals surface area contributed by atoms with E-state index in [-0.39, 0.29) is 36.6 Å². The van der Waals surface area contributed by atoms with Gasteiger partial charge in [-0.1, -0.05) is 38.3 Å². The lowest BCUT2D eigenvalue weighted by Gasteiger charge is -2.41. The van der Waals surface area contributed by atoms with E-state index < -0.39 is 11.6 Å². The predicted octanol–water partition coefficient (Wildman–Crippen LogP) is 5.25. The summed E-state index contributed by atoms with van der Waals surface area (Å²) >= 11 is 0. The maximum atomic E-state index is 14.0. The van der Waals surface area contributed by atoms with Gasteiger partial charge in [-0.2, -0.15) is 0 Å². The van der Waals surface area contributed by atoms with Gasteiger partial charge in [-0.15, -0.1) is 0 Å². The number of halogens is 1. The Labute approximate surface area is 216 Å². The highest BCUT2D eigenvalue weighted by atomic mass is 19.1. The lowest BCUT2D eigenvalue weighted by Crippen LogP contribution is -2.48. The third kappa shape index (κ3) is 5.89. The van der Waals surface area contributed by atoms with Crippen molar-refractivity contribution in [2.45, 2.75) is 76.4 Å². The van der Waals surface area contributed by atoms with E-state index in [0.717, 1.165) is 56.9 Å². The molecule has 8 heteroatoms. The van der Waals surface area contributed by atoms with E-state index in [1.165, 1.54) is 12.1 Å². The van der Waals surface area contributed by atoms with Crippen molar-refractivity contribution >= 4 is 23.5 Å². The smallest absolute Gasteiger partial charge is 0.305 e. The molecule has 2 aromatic rings. The van der Waals surface area contributed by atoms with Crippen molar-refractivity contribution in [3.63, 3.8) is 0 Å². The second-order valence-electron chi connectivity index (χ2n) is 9.87. The van der Waals surface area contributed by atoms with Crippen molar-refractivity contribution in [1.29, 1.82) is 0 Å². The van der Waals surface area contributed by atoms with E-state index in [4.69, 9.17) is 10.1 Å². The zero-order valence-corrected chi connectivity index (χ0v) is 21.2. The van der Waals surface area contributed by atoms with Gasteiger partial charge in [0.05, 0.1) is 12.5 Å². The van der Waals surface area contributed by atoms with Crippen LogP contribution in [0.15, 0.2) is 53.5 Å². The quantitative estimate of drug-likeness (QED) is 0.484. The van der Waals surface area contributed by atoms with E-state index in [0.29, 0.717) is 16.8 Å². The maximum Gasteiger partial charge on any atom is 0.305 e. The first-order valence-corrected chi connectivity index (χ1v) is 13.1. The number of carboxylic acid groups (broad SMARTS) is 1. The van der Waals surface area contributed by atoms with Crippen LogP contribution in [0, 0.1) is 5.82 Å². The van der Waals surface area contributed by atoms with Crippen LogP contribution in [0.1, 0.15) is 92.2 Å². The molecule has 0 unspecified atom stereocenters. The molecular formula is C29H34FN3O4. The van der Waals surface area contributed by atoms with Gasteiger partial charge < -0.3 is 15.3 Å². The molecular weight excluding hydrogens is 473 g/mol. The summed E-state index contributed by atoms with van der Waals surface area (Å²) < 4.78 is 13.6. The molecule has 2 amide bonds. The van der Waals surface area contributed by atoms with Crippen molar-refractivity contribution in [3.05, 3.63) is 71.0 Å². The normalized spacial score (nSPS) is 17.8. The van der Waals surface area contributed by atoms with E-state index in [1.807, 2.05) is 17.0 Å². The molecule has 0 aromatic heterocycles. The highest BCUT2D eigenvalue weighted by Crippen LogP contribution is 2.44. The fourth-order valence-corrected chi connectivity index (χ4v) is 5.45. The molecule has 1 heterocycles.